The summed E-state index contributed by atoms with van der Waals surface area (Å²) in [6, 6.07) is 11.8. The van der Waals surface area contributed by atoms with Crippen LogP contribution >= 0.6 is 11.6 Å². The molecule has 1 aliphatic rings. The first-order valence-electron chi connectivity index (χ1n) is 8.25. The van der Waals surface area contributed by atoms with Crippen molar-refractivity contribution in [3.05, 3.63) is 58.6 Å². The summed E-state index contributed by atoms with van der Waals surface area (Å²) in [5, 5.41) is 0.622. The van der Waals surface area contributed by atoms with Crippen LogP contribution in [0.4, 0.5) is 0 Å². The number of hydrogen-bond donors (Lipinski definition) is 0. The van der Waals surface area contributed by atoms with Crippen LogP contribution in [0.25, 0.3) is 0 Å². The second-order valence-electron chi connectivity index (χ2n) is 6.19. The predicted octanol–water partition coefficient (Wildman–Crippen LogP) is 4.16. The van der Waals surface area contributed by atoms with Crippen molar-refractivity contribution in [1.29, 1.82) is 0 Å². The van der Waals surface area contributed by atoms with Gasteiger partial charge in [0.05, 0.1) is 25.2 Å². The lowest BCUT2D eigenvalue weighted by molar-refractivity contribution is -0.144. The van der Waals surface area contributed by atoms with E-state index in [9.17, 15) is 9.59 Å². The molecule has 26 heavy (non-hydrogen) atoms. The number of carbonyl (C=O) groups is 2. The van der Waals surface area contributed by atoms with Crippen molar-refractivity contribution in [2.75, 3.05) is 14.2 Å². The highest BCUT2D eigenvalue weighted by Gasteiger charge is 2.47. The maximum Gasteiger partial charge on any atom is 0.337 e. The Morgan fingerprint density at radius 1 is 1.00 bits per heavy atom. The zero-order chi connectivity index (χ0) is 18.7. The molecular weight excluding hydrogens is 356 g/mol. The molecule has 0 bridgehead atoms. The van der Waals surface area contributed by atoms with Gasteiger partial charge in [-0.2, -0.15) is 0 Å². The topological polar surface area (TPSA) is 61.8 Å². The molecule has 0 spiro atoms. The molecule has 0 unspecified atom stereocenters. The maximum atomic E-state index is 12.9. The summed E-state index contributed by atoms with van der Waals surface area (Å²) in [5.41, 5.74) is 0.542. The Labute approximate surface area is 156 Å². The molecule has 2 aromatic rings. The number of methoxy groups -OCH3 is 2. The minimum absolute atomic E-state index is 0.269. The van der Waals surface area contributed by atoms with E-state index in [0.717, 1.165) is 24.8 Å². The Kier molecular flexibility index (Phi) is 5.18. The van der Waals surface area contributed by atoms with Crippen LogP contribution in [0.15, 0.2) is 42.5 Å². The van der Waals surface area contributed by atoms with Crippen LogP contribution in [0.2, 0.25) is 5.02 Å². The predicted molar refractivity (Wildman–Crippen MR) is 96.9 cm³/mol. The summed E-state index contributed by atoms with van der Waals surface area (Å²) < 4.78 is 15.6. The average molecular weight is 375 g/mol. The van der Waals surface area contributed by atoms with Gasteiger partial charge in [-0.1, -0.05) is 30.2 Å². The fourth-order valence-electron chi connectivity index (χ4n) is 3.10. The monoisotopic (exact) mass is 374 g/mol. The molecule has 1 saturated carbocycles. The van der Waals surface area contributed by atoms with E-state index < -0.39 is 11.4 Å². The molecule has 1 fully saturated rings. The van der Waals surface area contributed by atoms with E-state index in [-0.39, 0.29) is 11.7 Å². The fourth-order valence-corrected chi connectivity index (χ4v) is 3.23. The van der Waals surface area contributed by atoms with Crippen molar-refractivity contribution in [2.45, 2.75) is 24.7 Å². The molecule has 1 aliphatic carbocycles. The van der Waals surface area contributed by atoms with E-state index in [4.69, 9.17) is 25.8 Å². The third-order valence-electron chi connectivity index (χ3n) is 4.78. The van der Waals surface area contributed by atoms with Gasteiger partial charge in [0.1, 0.15) is 0 Å². The number of esters is 2. The Bertz CT molecular complexity index is 825. The zero-order valence-electron chi connectivity index (χ0n) is 14.6. The average Bonchev–Trinajstić information content (AvgIpc) is 2.62. The first-order chi connectivity index (χ1) is 12.5. The molecule has 5 nitrogen and oxygen atoms in total. The van der Waals surface area contributed by atoms with Gasteiger partial charge in [-0.15, -0.1) is 0 Å². The highest BCUT2D eigenvalue weighted by Crippen LogP contribution is 2.45. The van der Waals surface area contributed by atoms with Crippen LogP contribution in [0, 0.1) is 0 Å². The van der Waals surface area contributed by atoms with Gasteiger partial charge >= 0.3 is 11.9 Å². The van der Waals surface area contributed by atoms with Crippen molar-refractivity contribution in [2.24, 2.45) is 0 Å². The van der Waals surface area contributed by atoms with Crippen LogP contribution in [-0.2, 0) is 14.9 Å². The molecular formula is C20H19ClO5. The fraction of sp³-hybridized carbons (Fsp3) is 0.300. The molecule has 3 rings (SSSR count). The summed E-state index contributed by atoms with van der Waals surface area (Å²) in [6.45, 7) is 0. The second kappa shape index (κ2) is 7.38. The number of halogens is 1. The molecule has 0 aromatic heterocycles. The Hall–Kier alpha value is -2.53. The summed E-state index contributed by atoms with van der Waals surface area (Å²) in [6.07, 6.45) is 2.39. The van der Waals surface area contributed by atoms with Crippen LogP contribution in [0.1, 0.15) is 35.2 Å². The molecule has 2 aromatic carbocycles. The summed E-state index contributed by atoms with van der Waals surface area (Å²) >= 11 is 5.95. The van der Waals surface area contributed by atoms with Gasteiger partial charge in [-0.05, 0) is 48.7 Å². The maximum absolute atomic E-state index is 12.9. The lowest BCUT2D eigenvalue weighted by Gasteiger charge is -2.39. The van der Waals surface area contributed by atoms with Gasteiger partial charge in [0.15, 0.2) is 11.5 Å². The number of hydrogen-bond acceptors (Lipinski definition) is 5. The van der Waals surface area contributed by atoms with E-state index in [1.54, 1.807) is 12.1 Å². The first-order valence-corrected chi connectivity index (χ1v) is 8.62. The standard InChI is InChI=1S/C20H19ClO5/c1-24-17-12-13(18(22)25-2)4-9-16(17)26-19(23)20(10-3-11-20)14-5-7-15(21)8-6-14/h4-9,12H,3,10-11H2,1-2H3. The van der Waals surface area contributed by atoms with Crippen molar-refractivity contribution >= 4 is 23.5 Å². The quantitative estimate of drug-likeness (QED) is 0.580. The number of rotatable bonds is 5. The third-order valence-corrected chi connectivity index (χ3v) is 5.03. The van der Waals surface area contributed by atoms with Crippen LogP contribution < -0.4 is 9.47 Å². The SMILES string of the molecule is COC(=O)c1ccc(OC(=O)C2(c3ccc(Cl)cc3)CCC2)c(OC)c1. The molecule has 0 atom stereocenters. The Morgan fingerprint density at radius 3 is 2.23 bits per heavy atom. The van der Waals surface area contributed by atoms with E-state index in [1.807, 2.05) is 12.1 Å². The number of ether oxygens (including phenoxy) is 3. The molecule has 0 saturated heterocycles. The minimum atomic E-state index is -0.670. The van der Waals surface area contributed by atoms with Crippen molar-refractivity contribution in [3.8, 4) is 11.5 Å². The van der Waals surface area contributed by atoms with Crippen LogP contribution in [0.5, 0.6) is 11.5 Å². The second-order valence-corrected chi connectivity index (χ2v) is 6.63. The molecule has 0 amide bonds. The summed E-state index contributed by atoms with van der Waals surface area (Å²) in [4.78, 5) is 24.6. The Morgan fingerprint density at radius 2 is 1.69 bits per heavy atom. The van der Waals surface area contributed by atoms with Crippen LogP contribution in [-0.4, -0.2) is 26.2 Å². The smallest absolute Gasteiger partial charge is 0.337 e. The van der Waals surface area contributed by atoms with Gasteiger partial charge < -0.3 is 14.2 Å². The third kappa shape index (κ3) is 3.27. The lowest BCUT2D eigenvalue weighted by Crippen LogP contribution is -2.45. The van der Waals surface area contributed by atoms with E-state index in [2.05, 4.69) is 0 Å². The lowest BCUT2D eigenvalue weighted by atomic mass is 9.64. The minimum Gasteiger partial charge on any atom is -0.493 e. The molecule has 0 heterocycles. The van der Waals surface area contributed by atoms with Crippen molar-refractivity contribution in [3.63, 3.8) is 0 Å². The number of benzene rings is 2. The van der Waals surface area contributed by atoms with Gasteiger partial charge in [-0.25, -0.2) is 4.79 Å². The summed E-state index contributed by atoms with van der Waals surface area (Å²) in [7, 11) is 2.75. The van der Waals surface area contributed by atoms with Gasteiger partial charge in [0, 0.05) is 5.02 Å². The van der Waals surface area contributed by atoms with Crippen molar-refractivity contribution in [1.82, 2.24) is 0 Å². The van der Waals surface area contributed by atoms with Gasteiger partial charge in [0.25, 0.3) is 0 Å². The van der Waals surface area contributed by atoms with Crippen molar-refractivity contribution < 1.29 is 23.8 Å². The largest absolute Gasteiger partial charge is 0.493 e. The molecule has 0 radical (unpaired) electrons. The summed E-state index contributed by atoms with van der Waals surface area (Å²) in [5.74, 6) is -0.259. The highest BCUT2D eigenvalue weighted by atomic mass is 35.5. The van der Waals surface area contributed by atoms with E-state index >= 15 is 0 Å². The zero-order valence-corrected chi connectivity index (χ0v) is 15.3. The first kappa shape index (κ1) is 18.3. The van der Waals surface area contributed by atoms with Gasteiger partial charge in [0.2, 0.25) is 0 Å². The van der Waals surface area contributed by atoms with E-state index in [1.165, 1.54) is 32.4 Å². The van der Waals surface area contributed by atoms with Crippen LogP contribution in [0.3, 0.4) is 0 Å². The number of carbonyl (C=O) groups excluding carboxylic acids is 2. The molecule has 136 valence electrons. The normalized spacial score (nSPS) is 14.9. The molecule has 6 heteroatoms. The highest BCUT2D eigenvalue weighted by molar-refractivity contribution is 6.30. The molecule has 0 aliphatic heterocycles. The van der Waals surface area contributed by atoms with Gasteiger partial charge in [-0.3, -0.25) is 4.79 Å². The van der Waals surface area contributed by atoms with E-state index in [0.29, 0.717) is 16.3 Å². The Balaban J connectivity index is 1.87. The molecule has 0 N–H and O–H groups in total.